The van der Waals surface area contributed by atoms with Gasteiger partial charge in [0.2, 0.25) is 5.91 Å². The third-order valence-corrected chi connectivity index (χ3v) is 7.10. The first kappa shape index (κ1) is 27.5. The van der Waals surface area contributed by atoms with Gasteiger partial charge in [0.1, 0.15) is 5.75 Å². The van der Waals surface area contributed by atoms with Crippen LogP contribution < -0.4 is 15.4 Å². The molecule has 8 nitrogen and oxygen atoms in total. The van der Waals surface area contributed by atoms with Gasteiger partial charge in [-0.05, 0) is 41.8 Å². The van der Waals surface area contributed by atoms with Crippen LogP contribution in [0.2, 0.25) is 0 Å². The average Bonchev–Trinajstić information content (AvgIpc) is 3.00. The highest BCUT2D eigenvalue weighted by atomic mass is 16.5. The number of amides is 3. The summed E-state index contributed by atoms with van der Waals surface area (Å²) in [4.78, 5) is 39.7. The van der Waals surface area contributed by atoms with E-state index in [1.165, 1.54) is 12.1 Å². The summed E-state index contributed by atoms with van der Waals surface area (Å²) in [6.45, 7) is 0.561. The van der Waals surface area contributed by atoms with Crippen molar-refractivity contribution in [2.24, 2.45) is 5.92 Å². The molecule has 0 bridgehead atoms. The average molecular weight is 550 g/mol. The number of benzene rings is 4. The molecule has 3 amide bonds. The molecule has 1 aliphatic heterocycles. The third-order valence-electron chi connectivity index (χ3n) is 7.10. The van der Waals surface area contributed by atoms with Crippen LogP contribution in [0, 0.1) is 5.92 Å². The Bertz CT molecular complexity index is 1510. The lowest BCUT2D eigenvalue weighted by Crippen LogP contribution is -2.47. The van der Waals surface area contributed by atoms with Crippen molar-refractivity contribution in [3.05, 3.63) is 131 Å². The van der Waals surface area contributed by atoms with E-state index >= 15 is 0 Å². The number of carboxylic acids is 1. The summed E-state index contributed by atoms with van der Waals surface area (Å²) in [7, 11) is 0. The van der Waals surface area contributed by atoms with E-state index in [-0.39, 0.29) is 30.0 Å². The molecule has 4 aromatic rings. The molecule has 3 N–H and O–H groups in total. The van der Waals surface area contributed by atoms with Gasteiger partial charge in [-0.15, -0.1) is 0 Å². The Labute approximate surface area is 238 Å². The summed E-state index contributed by atoms with van der Waals surface area (Å²) in [5.41, 5.74) is 3.42. The van der Waals surface area contributed by atoms with Gasteiger partial charge in [0.25, 0.3) is 0 Å². The number of aromatic carboxylic acids is 1. The summed E-state index contributed by atoms with van der Waals surface area (Å²) < 4.78 is 6.15. The molecular weight excluding hydrogens is 518 g/mol. The molecule has 0 radical (unpaired) electrons. The van der Waals surface area contributed by atoms with Crippen molar-refractivity contribution in [2.45, 2.75) is 19.0 Å². The lowest BCUT2D eigenvalue weighted by molar-refractivity contribution is -0.135. The predicted octanol–water partition coefficient (Wildman–Crippen LogP) is 5.53. The van der Waals surface area contributed by atoms with Crippen molar-refractivity contribution in [3.8, 4) is 5.75 Å². The second-order valence-corrected chi connectivity index (χ2v) is 9.94. The van der Waals surface area contributed by atoms with E-state index in [4.69, 9.17) is 4.74 Å². The van der Waals surface area contributed by atoms with Gasteiger partial charge in [-0.25, -0.2) is 9.59 Å². The fourth-order valence-electron chi connectivity index (χ4n) is 5.19. The number of nitrogens with one attached hydrogen (secondary N) is 2. The number of hydrogen-bond acceptors (Lipinski definition) is 4. The second-order valence-electron chi connectivity index (χ2n) is 9.94. The fourth-order valence-corrected chi connectivity index (χ4v) is 5.19. The molecule has 0 aromatic heterocycles. The summed E-state index contributed by atoms with van der Waals surface area (Å²) in [5, 5.41) is 14.5. The molecule has 0 saturated heterocycles. The number of ether oxygens (including phenoxy) is 1. The molecule has 1 heterocycles. The minimum Gasteiger partial charge on any atom is -0.493 e. The van der Waals surface area contributed by atoms with E-state index in [0.717, 1.165) is 22.4 Å². The number of urea groups is 1. The van der Waals surface area contributed by atoms with Crippen LogP contribution in [0.5, 0.6) is 5.75 Å². The summed E-state index contributed by atoms with van der Waals surface area (Å²) >= 11 is 0. The second kappa shape index (κ2) is 12.8. The number of carboxylic acid groups (broad SMARTS) is 1. The van der Waals surface area contributed by atoms with E-state index < -0.39 is 12.0 Å². The summed E-state index contributed by atoms with van der Waals surface area (Å²) in [5.74, 6) is -0.616. The molecule has 0 saturated carbocycles. The molecular formula is C33H31N3O5. The van der Waals surface area contributed by atoms with Crippen LogP contribution in [0.4, 0.5) is 10.5 Å². The van der Waals surface area contributed by atoms with Crippen LogP contribution in [-0.2, 0) is 17.8 Å². The van der Waals surface area contributed by atoms with Crippen LogP contribution in [0.3, 0.4) is 0 Å². The Kier molecular flexibility index (Phi) is 8.59. The topological polar surface area (TPSA) is 108 Å². The quantitative estimate of drug-likeness (QED) is 0.255. The van der Waals surface area contributed by atoms with Crippen LogP contribution in [0.15, 0.2) is 109 Å². The molecule has 41 heavy (non-hydrogen) atoms. The minimum atomic E-state index is -1.09. The zero-order valence-corrected chi connectivity index (χ0v) is 22.4. The Hall–Kier alpha value is -5.11. The normalized spacial score (nSPS) is 15.6. The predicted molar refractivity (Wildman–Crippen MR) is 156 cm³/mol. The largest absolute Gasteiger partial charge is 0.493 e. The maximum Gasteiger partial charge on any atom is 0.335 e. The molecule has 1 aliphatic rings. The zero-order valence-electron chi connectivity index (χ0n) is 22.4. The summed E-state index contributed by atoms with van der Waals surface area (Å²) in [6, 6.07) is 32.7. The first-order valence-corrected chi connectivity index (χ1v) is 13.4. The van der Waals surface area contributed by atoms with Crippen molar-refractivity contribution in [1.29, 1.82) is 0 Å². The Morgan fingerprint density at radius 1 is 0.829 bits per heavy atom. The Morgan fingerprint density at radius 3 is 2.24 bits per heavy atom. The van der Waals surface area contributed by atoms with Gasteiger partial charge in [0.05, 0.1) is 24.8 Å². The Morgan fingerprint density at radius 2 is 1.51 bits per heavy atom. The van der Waals surface area contributed by atoms with Crippen molar-refractivity contribution < 1.29 is 24.2 Å². The molecule has 0 aliphatic carbocycles. The first-order valence-electron chi connectivity index (χ1n) is 13.4. The van der Waals surface area contributed by atoms with Crippen molar-refractivity contribution >= 4 is 23.6 Å². The number of carbonyl (C=O) groups excluding carboxylic acids is 2. The van der Waals surface area contributed by atoms with Gasteiger partial charge < -0.3 is 25.4 Å². The van der Waals surface area contributed by atoms with E-state index in [2.05, 4.69) is 22.8 Å². The number of nitrogens with zero attached hydrogens (tertiary/aromatic N) is 1. The van der Waals surface area contributed by atoms with E-state index in [1.807, 2.05) is 77.7 Å². The van der Waals surface area contributed by atoms with Crippen molar-refractivity contribution in [3.63, 3.8) is 0 Å². The van der Waals surface area contributed by atoms with E-state index in [0.29, 0.717) is 25.3 Å². The summed E-state index contributed by atoms with van der Waals surface area (Å²) in [6.07, 6.45) is 0.715. The SMILES string of the molecule is O=C(NCC(=O)N(Cc1ccccc1)C1c2ccccc2OCC1Cc1ccccc1)Nc1cccc(C(=O)O)c1. The number of hydrogen-bond donors (Lipinski definition) is 3. The maximum absolute atomic E-state index is 13.9. The number of carbonyl (C=O) groups is 3. The van der Waals surface area contributed by atoms with Crippen LogP contribution in [-0.4, -0.2) is 41.1 Å². The van der Waals surface area contributed by atoms with E-state index in [9.17, 15) is 19.5 Å². The smallest absolute Gasteiger partial charge is 0.335 e. The highest BCUT2D eigenvalue weighted by molar-refractivity contribution is 5.94. The molecule has 4 aromatic carbocycles. The fraction of sp³-hybridized carbons (Fsp3) is 0.182. The lowest BCUT2D eigenvalue weighted by atomic mass is 9.84. The number of anilines is 1. The van der Waals surface area contributed by atoms with Crippen LogP contribution >= 0.6 is 0 Å². The highest BCUT2D eigenvalue weighted by Gasteiger charge is 2.37. The number of rotatable bonds is 9. The molecule has 208 valence electrons. The van der Waals surface area contributed by atoms with Crippen LogP contribution in [0.1, 0.15) is 33.1 Å². The maximum atomic E-state index is 13.9. The third kappa shape index (κ3) is 6.91. The molecule has 8 heteroatoms. The van der Waals surface area contributed by atoms with Gasteiger partial charge in [-0.3, -0.25) is 4.79 Å². The molecule has 5 rings (SSSR count). The van der Waals surface area contributed by atoms with E-state index in [1.54, 1.807) is 12.1 Å². The monoisotopic (exact) mass is 549 g/mol. The molecule has 2 unspecified atom stereocenters. The van der Waals surface area contributed by atoms with Gasteiger partial charge in [0, 0.05) is 23.7 Å². The van der Waals surface area contributed by atoms with Crippen molar-refractivity contribution in [2.75, 3.05) is 18.5 Å². The lowest BCUT2D eigenvalue weighted by Gasteiger charge is -2.41. The molecule has 0 fully saturated rings. The first-order chi connectivity index (χ1) is 20.0. The standard InChI is InChI=1S/C33H31N3O5/c37-30(20-34-33(40)35-27-15-9-14-25(19-27)32(38)39)36(21-24-12-5-2-6-13-24)31-26(18-23-10-3-1-4-11-23)22-41-29-17-8-7-16-28(29)31/h1-17,19,26,31H,18,20-22H2,(H,38,39)(H2,34,35,40). The zero-order chi connectivity index (χ0) is 28.6. The number of fused-ring (bicyclic) bond motifs is 1. The van der Waals surface area contributed by atoms with Gasteiger partial charge in [-0.1, -0.05) is 84.9 Å². The van der Waals surface area contributed by atoms with Gasteiger partial charge in [0.15, 0.2) is 0 Å². The highest BCUT2D eigenvalue weighted by Crippen LogP contribution is 2.41. The van der Waals surface area contributed by atoms with Crippen LogP contribution in [0.25, 0.3) is 0 Å². The minimum absolute atomic E-state index is 0.0208. The number of para-hydroxylation sites is 1. The van der Waals surface area contributed by atoms with Gasteiger partial charge >= 0.3 is 12.0 Å². The molecule has 0 spiro atoms. The Balaban J connectivity index is 1.40. The molecule has 2 atom stereocenters. The van der Waals surface area contributed by atoms with Crippen molar-refractivity contribution in [1.82, 2.24) is 10.2 Å². The van der Waals surface area contributed by atoms with Gasteiger partial charge in [-0.2, -0.15) is 0 Å².